The molecular formula is C14H20N4O3. The number of nitrogens with zero attached hydrogens (tertiary/aromatic N) is 3. The standard InChI is InChI=1S/C14H20N4O3/c1-10-3-6-15-14(17-10)18-7-4-11(5-8-18)13(20)16-9-12(19)21-2/h3,6,11H,4-5,7-9H2,1-2H3,(H,16,20). The molecule has 114 valence electrons. The maximum Gasteiger partial charge on any atom is 0.325 e. The van der Waals surface area contributed by atoms with Gasteiger partial charge in [-0.05, 0) is 25.8 Å². The lowest BCUT2D eigenvalue weighted by Gasteiger charge is -2.31. The second-order valence-electron chi connectivity index (χ2n) is 5.05. The van der Waals surface area contributed by atoms with Crippen molar-refractivity contribution in [3.8, 4) is 0 Å². The lowest BCUT2D eigenvalue weighted by molar-refractivity contribution is -0.141. The maximum atomic E-state index is 11.9. The van der Waals surface area contributed by atoms with E-state index >= 15 is 0 Å². The molecule has 7 heteroatoms. The Labute approximate surface area is 123 Å². The highest BCUT2D eigenvalue weighted by Gasteiger charge is 2.26. The number of hydrogen-bond donors (Lipinski definition) is 1. The normalized spacial score (nSPS) is 15.6. The Morgan fingerprint density at radius 2 is 2.14 bits per heavy atom. The zero-order valence-electron chi connectivity index (χ0n) is 12.3. The first-order valence-corrected chi connectivity index (χ1v) is 6.99. The summed E-state index contributed by atoms with van der Waals surface area (Å²) in [5.41, 5.74) is 0.929. The lowest BCUT2D eigenvalue weighted by Crippen LogP contribution is -2.42. The van der Waals surface area contributed by atoms with Gasteiger partial charge in [0, 0.05) is 30.9 Å². The van der Waals surface area contributed by atoms with E-state index in [2.05, 4.69) is 24.9 Å². The monoisotopic (exact) mass is 292 g/mol. The first-order chi connectivity index (χ1) is 10.1. The van der Waals surface area contributed by atoms with Crippen LogP contribution in [0.4, 0.5) is 5.95 Å². The van der Waals surface area contributed by atoms with Crippen LogP contribution in [-0.4, -0.2) is 48.6 Å². The molecule has 21 heavy (non-hydrogen) atoms. The number of ether oxygens (including phenoxy) is 1. The van der Waals surface area contributed by atoms with E-state index in [1.807, 2.05) is 13.0 Å². The van der Waals surface area contributed by atoms with Crippen LogP contribution in [0, 0.1) is 12.8 Å². The Bertz CT molecular complexity index is 513. The minimum Gasteiger partial charge on any atom is -0.468 e. The van der Waals surface area contributed by atoms with Crippen LogP contribution in [0.5, 0.6) is 0 Å². The molecule has 1 amide bonds. The van der Waals surface area contributed by atoms with E-state index in [1.54, 1.807) is 6.20 Å². The third-order valence-electron chi connectivity index (χ3n) is 3.57. The summed E-state index contributed by atoms with van der Waals surface area (Å²) in [4.78, 5) is 33.7. The Morgan fingerprint density at radius 1 is 1.43 bits per heavy atom. The average Bonchev–Trinajstić information content (AvgIpc) is 2.52. The Kier molecular flexibility index (Phi) is 5.08. The second kappa shape index (κ2) is 7.01. The zero-order chi connectivity index (χ0) is 15.2. The molecule has 1 fully saturated rings. The van der Waals surface area contributed by atoms with Crippen molar-refractivity contribution in [2.45, 2.75) is 19.8 Å². The average molecular weight is 292 g/mol. The van der Waals surface area contributed by atoms with Crippen molar-refractivity contribution >= 4 is 17.8 Å². The number of amides is 1. The summed E-state index contributed by atoms with van der Waals surface area (Å²) in [5.74, 6) is 0.110. The second-order valence-corrected chi connectivity index (χ2v) is 5.05. The summed E-state index contributed by atoms with van der Waals surface area (Å²) in [7, 11) is 1.30. The third kappa shape index (κ3) is 4.14. The molecule has 1 aliphatic rings. The highest BCUT2D eigenvalue weighted by Crippen LogP contribution is 2.20. The predicted molar refractivity (Wildman–Crippen MR) is 76.7 cm³/mol. The van der Waals surface area contributed by atoms with Crippen molar-refractivity contribution in [3.05, 3.63) is 18.0 Å². The number of esters is 1. The quantitative estimate of drug-likeness (QED) is 0.803. The molecule has 0 unspecified atom stereocenters. The van der Waals surface area contributed by atoms with Gasteiger partial charge in [-0.1, -0.05) is 0 Å². The van der Waals surface area contributed by atoms with Crippen LogP contribution in [-0.2, 0) is 14.3 Å². The van der Waals surface area contributed by atoms with Crippen molar-refractivity contribution in [2.24, 2.45) is 5.92 Å². The molecule has 2 rings (SSSR count). The molecule has 1 aliphatic heterocycles. The molecule has 0 bridgehead atoms. The van der Waals surface area contributed by atoms with E-state index in [-0.39, 0.29) is 18.4 Å². The molecule has 0 spiro atoms. The highest BCUT2D eigenvalue weighted by atomic mass is 16.5. The van der Waals surface area contributed by atoms with Gasteiger partial charge in [0.05, 0.1) is 7.11 Å². The minimum atomic E-state index is -0.436. The molecule has 0 atom stereocenters. The van der Waals surface area contributed by atoms with Gasteiger partial charge in [0.25, 0.3) is 0 Å². The number of piperidine rings is 1. The number of nitrogens with one attached hydrogen (secondary N) is 1. The van der Waals surface area contributed by atoms with E-state index in [1.165, 1.54) is 7.11 Å². The molecule has 1 aromatic rings. The maximum absolute atomic E-state index is 11.9. The smallest absolute Gasteiger partial charge is 0.325 e. The first kappa shape index (κ1) is 15.2. The largest absolute Gasteiger partial charge is 0.468 e. The fourth-order valence-corrected chi connectivity index (χ4v) is 2.31. The minimum absolute atomic E-state index is 0.0729. The zero-order valence-corrected chi connectivity index (χ0v) is 12.3. The van der Waals surface area contributed by atoms with E-state index in [0.717, 1.165) is 31.6 Å². The molecule has 1 aromatic heterocycles. The van der Waals surface area contributed by atoms with Gasteiger partial charge in [-0.2, -0.15) is 0 Å². The first-order valence-electron chi connectivity index (χ1n) is 6.99. The van der Waals surface area contributed by atoms with Crippen LogP contribution in [0.15, 0.2) is 12.3 Å². The van der Waals surface area contributed by atoms with E-state index in [4.69, 9.17) is 0 Å². The van der Waals surface area contributed by atoms with E-state index in [9.17, 15) is 9.59 Å². The van der Waals surface area contributed by atoms with Crippen molar-refractivity contribution in [1.82, 2.24) is 15.3 Å². The van der Waals surface area contributed by atoms with Crippen LogP contribution in [0.2, 0.25) is 0 Å². The van der Waals surface area contributed by atoms with Crippen LogP contribution in [0.1, 0.15) is 18.5 Å². The number of aryl methyl sites for hydroxylation is 1. The van der Waals surface area contributed by atoms with Crippen LogP contribution < -0.4 is 10.2 Å². The number of aromatic nitrogens is 2. The predicted octanol–water partition coefficient (Wildman–Crippen LogP) is 0.291. The topological polar surface area (TPSA) is 84.4 Å². The molecule has 0 aromatic carbocycles. The summed E-state index contributed by atoms with van der Waals surface area (Å²) in [6.07, 6.45) is 3.20. The number of methoxy groups -OCH3 is 1. The van der Waals surface area contributed by atoms with Gasteiger partial charge in [-0.15, -0.1) is 0 Å². The van der Waals surface area contributed by atoms with E-state index in [0.29, 0.717) is 5.95 Å². The molecule has 2 heterocycles. The van der Waals surface area contributed by atoms with Gasteiger partial charge in [-0.3, -0.25) is 9.59 Å². The van der Waals surface area contributed by atoms with Crippen LogP contribution in [0.25, 0.3) is 0 Å². The molecule has 1 saturated heterocycles. The van der Waals surface area contributed by atoms with Gasteiger partial charge in [0.2, 0.25) is 11.9 Å². The number of anilines is 1. The summed E-state index contributed by atoms with van der Waals surface area (Å²) < 4.78 is 4.50. The van der Waals surface area contributed by atoms with Gasteiger partial charge in [-0.25, -0.2) is 9.97 Å². The number of rotatable bonds is 4. The van der Waals surface area contributed by atoms with Crippen molar-refractivity contribution in [3.63, 3.8) is 0 Å². The van der Waals surface area contributed by atoms with Gasteiger partial charge >= 0.3 is 5.97 Å². The molecular weight excluding hydrogens is 272 g/mol. The Morgan fingerprint density at radius 3 is 2.76 bits per heavy atom. The number of carbonyl (C=O) groups is 2. The highest BCUT2D eigenvalue weighted by molar-refractivity contribution is 5.83. The fraction of sp³-hybridized carbons (Fsp3) is 0.571. The summed E-state index contributed by atoms with van der Waals surface area (Å²) >= 11 is 0. The molecule has 0 aliphatic carbocycles. The summed E-state index contributed by atoms with van der Waals surface area (Å²) in [6, 6.07) is 1.86. The molecule has 7 nitrogen and oxygen atoms in total. The van der Waals surface area contributed by atoms with Crippen LogP contribution in [0.3, 0.4) is 0 Å². The SMILES string of the molecule is COC(=O)CNC(=O)C1CCN(c2nccc(C)n2)CC1. The molecule has 1 N–H and O–H groups in total. The van der Waals surface area contributed by atoms with Crippen molar-refractivity contribution in [2.75, 3.05) is 31.6 Å². The van der Waals surface area contributed by atoms with Crippen molar-refractivity contribution in [1.29, 1.82) is 0 Å². The number of carbonyl (C=O) groups excluding carboxylic acids is 2. The van der Waals surface area contributed by atoms with Gasteiger partial charge < -0.3 is 15.0 Å². The van der Waals surface area contributed by atoms with E-state index < -0.39 is 5.97 Å². The Hall–Kier alpha value is -2.18. The third-order valence-corrected chi connectivity index (χ3v) is 3.57. The molecule has 0 radical (unpaired) electrons. The molecule has 0 saturated carbocycles. The fourth-order valence-electron chi connectivity index (χ4n) is 2.31. The van der Waals surface area contributed by atoms with Crippen molar-refractivity contribution < 1.29 is 14.3 Å². The van der Waals surface area contributed by atoms with Gasteiger partial charge in [0.1, 0.15) is 6.54 Å². The Balaban J connectivity index is 1.83. The summed E-state index contributed by atoms with van der Waals surface area (Å²) in [5, 5.41) is 2.60. The summed E-state index contributed by atoms with van der Waals surface area (Å²) in [6.45, 7) is 3.33. The number of hydrogen-bond acceptors (Lipinski definition) is 6. The van der Waals surface area contributed by atoms with Gasteiger partial charge in [0.15, 0.2) is 0 Å². The lowest BCUT2D eigenvalue weighted by atomic mass is 9.96. The van der Waals surface area contributed by atoms with Crippen LogP contribution >= 0.6 is 0 Å².